The predicted molar refractivity (Wildman–Crippen MR) is 195 cm³/mol. The molecule has 0 heterocycles. The van der Waals surface area contributed by atoms with E-state index < -0.39 is 24.1 Å². The van der Waals surface area contributed by atoms with Crippen molar-refractivity contribution in [3.63, 3.8) is 0 Å². The summed E-state index contributed by atoms with van der Waals surface area (Å²) in [4.78, 5) is 25.9. The van der Waals surface area contributed by atoms with Crippen LogP contribution in [-0.2, 0) is 28.5 Å². The molecule has 9 heteroatoms. The van der Waals surface area contributed by atoms with Crippen molar-refractivity contribution in [2.24, 2.45) is 0 Å². The lowest BCUT2D eigenvalue weighted by atomic mass is 10.0. The molecule has 4 aromatic carbocycles. The van der Waals surface area contributed by atoms with Crippen LogP contribution in [0.1, 0.15) is 41.5 Å². The van der Waals surface area contributed by atoms with E-state index in [0.29, 0.717) is 11.1 Å². The van der Waals surface area contributed by atoms with Gasteiger partial charge in [0.05, 0.1) is 25.4 Å². The van der Waals surface area contributed by atoms with Gasteiger partial charge >= 0.3 is 11.9 Å². The molecule has 4 unspecified atom stereocenters. The average molecular weight is 687 g/mol. The Morgan fingerprint density at radius 1 is 0.571 bits per heavy atom. The second-order valence-corrected chi connectivity index (χ2v) is 13.4. The number of carbonyl (C=O) groups excluding carboxylic acids is 2. The SMILES string of the molecule is C=C(C)C(=O)OC(C)COC(C)COc1c2ccccc2c(OCC(C)OCC(C)OC(=O)C(=C)C)c2cc(Sc3ccccc3)ccc12. The predicted octanol–water partition coefficient (Wildman–Crippen LogP) is 8.73. The molecule has 0 aliphatic rings. The summed E-state index contributed by atoms with van der Waals surface area (Å²) in [5, 5.41) is 3.60. The van der Waals surface area contributed by atoms with E-state index in [1.165, 1.54) is 0 Å². The number of esters is 2. The smallest absolute Gasteiger partial charge is 0.333 e. The molecule has 49 heavy (non-hydrogen) atoms. The van der Waals surface area contributed by atoms with Crippen LogP contribution in [0.2, 0.25) is 0 Å². The number of hydrogen-bond donors (Lipinski definition) is 0. The number of fused-ring (bicyclic) bond motifs is 2. The van der Waals surface area contributed by atoms with Crippen molar-refractivity contribution < 1.29 is 38.0 Å². The topological polar surface area (TPSA) is 89.5 Å². The van der Waals surface area contributed by atoms with E-state index in [1.54, 1.807) is 39.5 Å². The van der Waals surface area contributed by atoms with Crippen LogP contribution in [0.25, 0.3) is 21.5 Å². The van der Waals surface area contributed by atoms with Crippen molar-refractivity contribution in [1.29, 1.82) is 0 Å². The van der Waals surface area contributed by atoms with Gasteiger partial charge in [0.15, 0.2) is 0 Å². The molecule has 0 fully saturated rings. The minimum absolute atomic E-state index is 0.227. The fourth-order valence-corrected chi connectivity index (χ4v) is 5.69. The molecule has 0 aliphatic heterocycles. The van der Waals surface area contributed by atoms with Gasteiger partial charge in [-0.3, -0.25) is 0 Å². The summed E-state index contributed by atoms with van der Waals surface area (Å²) >= 11 is 1.67. The maximum Gasteiger partial charge on any atom is 0.333 e. The molecule has 0 N–H and O–H groups in total. The summed E-state index contributed by atoms with van der Waals surface area (Å²) < 4.78 is 35.7. The maximum atomic E-state index is 11.9. The highest BCUT2D eigenvalue weighted by Gasteiger charge is 2.20. The molecule has 0 saturated carbocycles. The van der Waals surface area contributed by atoms with E-state index in [1.807, 2.05) is 56.3 Å². The molecule has 8 nitrogen and oxygen atoms in total. The minimum atomic E-state index is -0.441. The number of rotatable bonds is 18. The first-order valence-electron chi connectivity index (χ1n) is 16.4. The van der Waals surface area contributed by atoms with Gasteiger partial charge in [0.25, 0.3) is 0 Å². The highest BCUT2D eigenvalue weighted by Crippen LogP contribution is 2.44. The minimum Gasteiger partial charge on any atom is -0.490 e. The summed E-state index contributed by atoms with van der Waals surface area (Å²) in [6.45, 7) is 18.9. The normalized spacial score (nSPS) is 13.7. The third-order valence-electron chi connectivity index (χ3n) is 7.34. The Hall–Kier alpha value is -4.31. The van der Waals surface area contributed by atoms with Gasteiger partial charge in [0.2, 0.25) is 0 Å². The first kappa shape index (κ1) is 37.5. The molecule has 0 aromatic heterocycles. The first-order chi connectivity index (χ1) is 23.4. The van der Waals surface area contributed by atoms with E-state index in [0.717, 1.165) is 42.8 Å². The van der Waals surface area contributed by atoms with Crippen LogP contribution >= 0.6 is 11.8 Å². The number of ether oxygens (including phenoxy) is 6. The van der Waals surface area contributed by atoms with Gasteiger partial charge in [-0.2, -0.15) is 0 Å². The first-order valence-corrected chi connectivity index (χ1v) is 17.2. The van der Waals surface area contributed by atoms with Crippen molar-refractivity contribution in [1.82, 2.24) is 0 Å². The van der Waals surface area contributed by atoms with Crippen molar-refractivity contribution in [2.45, 2.75) is 75.7 Å². The molecule has 4 rings (SSSR count). The second kappa shape index (κ2) is 17.9. The molecule has 0 aliphatic carbocycles. The monoisotopic (exact) mass is 686 g/mol. The maximum absolute atomic E-state index is 11.9. The zero-order chi connectivity index (χ0) is 35.5. The molecule has 260 valence electrons. The summed E-state index contributed by atoms with van der Waals surface area (Å²) in [6.07, 6.45) is -1.42. The van der Waals surface area contributed by atoms with Crippen LogP contribution in [0, 0.1) is 0 Å². The van der Waals surface area contributed by atoms with E-state index in [4.69, 9.17) is 28.4 Å². The zero-order valence-electron chi connectivity index (χ0n) is 29.2. The van der Waals surface area contributed by atoms with E-state index in [9.17, 15) is 9.59 Å². The number of benzene rings is 4. The molecule has 0 saturated heterocycles. The molecule has 0 amide bonds. The molecular formula is C40H46O8S. The van der Waals surface area contributed by atoms with Gasteiger partial charge in [-0.25, -0.2) is 9.59 Å². The molecule has 0 bridgehead atoms. The Labute approximate surface area is 293 Å². The Morgan fingerprint density at radius 3 is 1.51 bits per heavy atom. The van der Waals surface area contributed by atoms with Crippen molar-refractivity contribution >= 4 is 45.2 Å². The van der Waals surface area contributed by atoms with E-state index in [2.05, 4.69) is 43.5 Å². The fourth-order valence-electron chi connectivity index (χ4n) is 4.81. The summed E-state index contributed by atoms with van der Waals surface area (Å²) in [5.74, 6) is 0.570. The van der Waals surface area contributed by atoms with Crippen LogP contribution in [0.4, 0.5) is 0 Å². The highest BCUT2D eigenvalue weighted by molar-refractivity contribution is 7.99. The summed E-state index contributed by atoms with van der Waals surface area (Å²) in [5.41, 5.74) is 0.690. The largest absolute Gasteiger partial charge is 0.490 e. The Balaban J connectivity index is 1.59. The van der Waals surface area contributed by atoms with Crippen molar-refractivity contribution in [2.75, 3.05) is 26.4 Å². The average Bonchev–Trinajstić information content (AvgIpc) is 3.08. The summed E-state index contributed by atoms with van der Waals surface area (Å²) in [6, 6.07) is 24.5. The number of hydrogen-bond acceptors (Lipinski definition) is 9. The van der Waals surface area contributed by atoms with Gasteiger partial charge in [0, 0.05) is 42.5 Å². The summed E-state index contributed by atoms with van der Waals surface area (Å²) in [7, 11) is 0. The quantitative estimate of drug-likeness (QED) is 0.0579. The van der Waals surface area contributed by atoms with Crippen molar-refractivity contribution in [3.05, 3.63) is 97.1 Å². The van der Waals surface area contributed by atoms with Crippen LogP contribution in [0.3, 0.4) is 0 Å². The van der Waals surface area contributed by atoms with Gasteiger partial charge in [-0.05, 0) is 71.9 Å². The molecule has 0 spiro atoms. The van der Waals surface area contributed by atoms with Gasteiger partial charge in [-0.1, -0.05) is 67.4 Å². The van der Waals surface area contributed by atoms with Crippen LogP contribution < -0.4 is 9.47 Å². The molecule has 4 aromatic rings. The van der Waals surface area contributed by atoms with Gasteiger partial charge < -0.3 is 28.4 Å². The fraction of sp³-hybridized carbons (Fsp3) is 0.350. The zero-order valence-corrected chi connectivity index (χ0v) is 30.0. The third-order valence-corrected chi connectivity index (χ3v) is 8.34. The van der Waals surface area contributed by atoms with E-state index in [-0.39, 0.29) is 38.6 Å². The molecular weight excluding hydrogens is 640 g/mol. The Morgan fingerprint density at radius 2 is 1.02 bits per heavy atom. The third kappa shape index (κ3) is 10.8. The lowest BCUT2D eigenvalue weighted by Crippen LogP contribution is -2.26. The van der Waals surface area contributed by atoms with Crippen LogP contribution in [0.15, 0.2) is 107 Å². The number of carbonyl (C=O) groups is 2. The van der Waals surface area contributed by atoms with Gasteiger partial charge in [0.1, 0.15) is 36.9 Å². The van der Waals surface area contributed by atoms with Crippen molar-refractivity contribution in [3.8, 4) is 11.5 Å². The van der Waals surface area contributed by atoms with E-state index >= 15 is 0 Å². The Bertz CT molecular complexity index is 1770. The van der Waals surface area contributed by atoms with Crippen LogP contribution in [0.5, 0.6) is 11.5 Å². The molecule has 0 radical (unpaired) electrons. The lowest BCUT2D eigenvalue weighted by Gasteiger charge is -2.22. The Kier molecular flexibility index (Phi) is 13.7. The second-order valence-electron chi connectivity index (χ2n) is 12.2. The highest BCUT2D eigenvalue weighted by atomic mass is 32.2. The lowest BCUT2D eigenvalue weighted by molar-refractivity contribution is -0.148. The molecule has 4 atom stereocenters. The standard InChI is InChI=1S/C40H46O8S/c1-25(2)39(41)47-29(7)23-43-27(5)21-45-37-33-16-12-13-17-34(33)38(46-22-28(6)44-24-30(8)48-40(42)26(3)4)36-20-32(18-19-35(36)37)49-31-14-10-9-11-15-31/h9-20,27-30H,1,3,21-24H2,2,4-8H3. The van der Waals surface area contributed by atoms with Gasteiger partial charge in [-0.15, -0.1) is 0 Å². The van der Waals surface area contributed by atoms with Crippen LogP contribution in [-0.4, -0.2) is 62.8 Å².